The molecular weight excluding hydrogens is 255 g/mol. The van der Waals surface area contributed by atoms with Crippen LogP contribution in [0.2, 0.25) is 5.02 Å². The average molecular weight is 273 g/mol. The normalized spacial score (nSPS) is 21.4. The third-order valence-electron chi connectivity index (χ3n) is 3.38. The van der Waals surface area contributed by atoms with E-state index in [1.807, 2.05) is 12.1 Å². The summed E-state index contributed by atoms with van der Waals surface area (Å²) in [5, 5.41) is 0.659. The van der Waals surface area contributed by atoms with Crippen LogP contribution in [0.3, 0.4) is 0 Å². The van der Waals surface area contributed by atoms with Gasteiger partial charge in [-0.3, -0.25) is 0 Å². The number of anilines is 1. The molecule has 0 saturated carbocycles. The van der Waals surface area contributed by atoms with Crippen LogP contribution in [0.1, 0.15) is 38.3 Å². The van der Waals surface area contributed by atoms with Crippen LogP contribution in [-0.2, 0) is 5.88 Å². The molecule has 2 heterocycles. The van der Waals surface area contributed by atoms with Crippen LogP contribution in [0.25, 0.3) is 0 Å². The summed E-state index contributed by atoms with van der Waals surface area (Å²) in [6.45, 7) is 3.35. The number of nitrogens with zero attached hydrogens (tertiary/aromatic N) is 2. The molecule has 1 aromatic heterocycles. The molecule has 1 aromatic rings. The van der Waals surface area contributed by atoms with Gasteiger partial charge in [0.1, 0.15) is 5.82 Å². The molecule has 0 aliphatic carbocycles. The van der Waals surface area contributed by atoms with Gasteiger partial charge in [0.25, 0.3) is 0 Å². The zero-order valence-corrected chi connectivity index (χ0v) is 11.6. The van der Waals surface area contributed by atoms with Crippen LogP contribution in [0.4, 0.5) is 5.82 Å². The van der Waals surface area contributed by atoms with Gasteiger partial charge in [-0.15, -0.1) is 11.6 Å². The van der Waals surface area contributed by atoms with Crippen molar-refractivity contribution in [2.24, 2.45) is 0 Å². The molecule has 0 spiro atoms. The Morgan fingerprint density at radius 2 is 2.18 bits per heavy atom. The first-order valence-electron chi connectivity index (χ1n) is 6.20. The number of aromatic nitrogens is 1. The maximum atomic E-state index is 6.04. The molecule has 1 aliphatic heterocycles. The van der Waals surface area contributed by atoms with Crippen LogP contribution < -0.4 is 4.90 Å². The lowest BCUT2D eigenvalue weighted by Crippen LogP contribution is -2.33. The van der Waals surface area contributed by atoms with Gasteiger partial charge in [-0.25, -0.2) is 4.98 Å². The fraction of sp³-hybridized carbons (Fsp3) is 0.615. The summed E-state index contributed by atoms with van der Waals surface area (Å²) in [7, 11) is 0. The van der Waals surface area contributed by atoms with E-state index >= 15 is 0 Å². The topological polar surface area (TPSA) is 16.1 Å². The average Bonchev–Trinajstić information content (AvgIpc) is 2.55. The van der Waals surface area contributed by atoms with E-state index in [4.69, 9.17) is 23.2 Å². The van der Waals surface area contributed by atoms with E-state index < -0.39 is 0 Å². The summed E-state index contributed by atoms with van der Waals surface area (Å²) in [6.07, 6.45) is 5.11. The standard InChI is InChI=1S/C13H18Cl2N2/c1-10-5-3-2-4-8-17(10)13-7-6-11(15)12(9-14)16-13/h6-7,10H,2-5,8-9H2,1H3. The lowest BCUT2D eigenvalue weighted by molar-refractivity contribution is 0.610. The van der Waals surface area contributed by atoms with E-state index in [0.717, 1.165) is 18.1 Å². The summed E-state index contributed by atoms with van der Waals surface area (Å²) >= 11 is 11.9. The van der Waals surface area contributed by atoms with Crippen molar-refractivity contribution in [2.45, 2.75) is 44.5 Å². The smallest absolute Gasteiger partial charge is 0.129 e. The van der Waals surface area contributed by atoms with Crippen molar-refractivity contribution in [3.63, 3.8) is 0 Å². The quantitative estimate of drug-likeness (QED) is 0.749. The molecule has 2 rings (SSSR count). The van der Waals surface area contributed by atoms with Crippen LogP contribution in [-0.4, -0.2) is 17.6 Å². The second-order valence-corrected chi connectivity index (χ2v) is 5.30. The predicted molar refractivity (Wildman–Crippen MR) is 74.1 cm³/mol. The Bertz CT molecular complexity index is 382. The minimum absolute atomic E-state index is 0.370. The lowest BCUT2D eigenvalue weighted by Gasteiger charge is -2.28. The molecule has 0 aromatic carbocycles. The van der Waals surface area contributed by atoms with Gasteiger partial charge >= 0.3 is 0 Å². The molecule has 94 valence electrons. The molecule has 1 atom stereocenters. The Hall–Kier alpha value is -0.470. The lowest BCUT2D eigenvalue weighted by atomic mass is 10.1. The van der Waals surface area contributed by atoms with Crippen molar-refractivity contribution < 1.29 is 0 Å². The van der Waals surface area contributed by atoms with E-state index in [0.29, 0.717) is 16.9 Å². The largest absolute Gasteiger partial charge is 0.354 e. The number of hydrogen-bond acceptors (Lipinski definition) is 2. The van der Waals surface area contributed by atoms with Gasteiger partial charge in [0.15, 0.2) is 0 Å². The first kappa shape index (κ1) is 13.0. The fourth-order valence-corrected chi connectivity index (χ4v) is 2.79. The third-order valence-corrected chi connectivity index (χ3v) is 3.98. The SMILES string of the molecule is CC1CCCCCN1c1ccc(Cl)c(CCl)n1. The van der Waals surface area contributed by atoms with Gasteiger partial charge in [-0.2, -0.15) is 0 Å². The second kappa shape index (κ2) is 5.92. The molecule has 1 fully saturated rings. The molecule has 17 heavy (non-hydrogen) atoms. The van der Waals surface area contributed by atoms with Gasteiger partial charge in [0.2, 0.25) is 0 Å². The number of rotatable bonds is 2. The number of alkyl halides is 1. The molecule has 1 unspecified atom stereocenters. The van der Waals surface area contributed by atoms with E-state index in [1.165, 1.54) is 25.7 Å². The van der Waals surface area contributed by atoms with Gasteiger partial charge in [-0.05, 0) is 31.9 Å². The molecule has 1 aliphatic rings. The summed E-state index contributed by atoms with van der Waals surface area (Å²) in [6, 6.07) is 4.45. The highest BCUT2D eigenvalue weighted by molar-refractivity contribution is 6.32. The second-order valence-electron chi connectivity index (χ2n) is 4.62. The molecule has 0 amide bonds. The summed E-state index contributed by atoms with van der Waals surface area (Å²) in [5.74, 6) is 1.38. The van der Waals surface area contributed by atoms with E-state index in [-0.39, 0.29) is 0 Å². The molecule has 2 nitrogen and oxygen atoms in total. The maximum Gasteiger partial charge on any atom is 0.129 e. The number of halogens is 2. The van der Waals surface area contributed by atoms with Gasteiger partial charge < -0.3 is 4.90 Å². The Morgan fingerprint density at radius 3 is 2.94 bits per heavy atom. The Kier molecular flexibility index (Phi) is 4.52. The van der Waals surface area contributed by atoms with E-state index in [1.54, 1.807) is 0 Å². The highest BCUT2D eigenvalue weighted by Gasteiger charge is 2.18. The van der Waals surface area contributed by atoms with Crippen molar-refractivity contribution in [1.29, 1.82) is 0 Å². The Morgan fingerprint density at radius 1 is 1.35 bits per heavy atom. The number of hydrogen-bond donors (Lipinski definition) is 0. The monoisotopic (exact) mass is 272 g/mol. The summed E-state index contributed by atoms with van der Waals surface area (Å²) in [5.41, 5.74) is 0.780. The van der Waals surface area contributed by atoms with Gasteiger partial charge in [-0.1, -0.05) is 24.4 Å². The maximum absolute atomic E-state index is 6.04. The highest BCUT2D eigenvalue weighted by atomic mass is 35.5. The third kappa shape index (κ3) is 3.05. The summed E-state index contributed by atoms with van der Waals surface area (Å²) < 4.78 is 0. The molecule has 0 radical (unpaired) electrons. The van der Waals surface area contributed by atoms with Crippen LogP contribution in [0.15, 0.2) is 12.1 Å². The Balaban J connectivity index is 2.25. The molecule has 0 bridgehead atoms. The minimum atomic E-state index is 0.370. The molecule has 0 N–H and O–H groups in total. The first-order valence-corrected chi connectivity index (χ1v) is 7.11. The predicted octanol–water partition coefficient (Wildman–Crippen LogP) is 4.24. The fourth-order valence-electron chi connectivity index (χ4n) is 2.34. The van der Waals surface area contributed by atoms with E-state index in [2.05, 4.69) is 16.8 Å². The van der Waals surface area contributed by atoms with Crippen molar-refractivity contribution in [2.75, 3.05) is 11.4 Å². The number of pyridine rings is 1. The highest BCUT2D eigenvalue weighted by Crippen LogP contribution is 2.25. The summed E-state index contributed by atoms with van der Waals surface area (Å²) in [4.78, 5) is 6.94. The van der Waals surface area contributed by atoms with Crippen LogP contribution in [0, 0.1) is 0 Å². The minimum Gasteiger partial charge on any atom is -0.354 e. The van der Waals surface area contributed by atoms with Crippen molar-refractivity contribution in [3.8, 4) is 0 Å². The zero-order chi connectivity index (χ0) is 12.3. The van der Waals surface area contributed by atoms with Gasteiger partial charge in [0.05, 0.1) is 16.6 Å². The van der Waals surface area contributed by atoms with Crippen molar-refractivity contribution in [1.82, 2.24) is 4.98 Å². The molecule has 1 saturated heterocycles. The van der Waals surface area contributed by atoms with Crippen molar-refractivity contribution in [3.05, 3.63) is 22.8 Å². The molecule has 4 heteroatoms. The molecular formula is C13H18Cl2N2. The Labute approximate surface area is 113 Å². The van der Waals surface area contributed by atoms with Crippen LogP contribution >= 0.6 is 23.2 Å². The first-order chi connectivity index (χ1) is 8.22. The van der Waals surface area contributed by atoms with E-state index in [9.17, 15) is 0 Å². The van der Waals surface area contributed by atoms with Crippen LogP contribution in [0.5, 0.6) is 0 Å². The van der Waals surface area contributed by atoms with Gasteiger partial charge in [0, 0.05) is 12.6 Å². The van der Waals surface area contributed by atoms with Crippen molar-refractivity contribution >= 4 is 29.0 Å². The zero-order valence-electron chi connectivity index (χ0n) is 10.1.